The number of hydrogen-bond acceptors (Lipinski definition) is 3. The Bertz CT molecular complexity index is 1320. The van der Waals surface area contributed by atoms with Gasteiger partial charge in [0.05, 0.1) is 29.8 Å². The van der Waals surface area contributed by atoms with Gasteiger partial charge in [-0.3, -0.25) is 4.79 Å². The van der Waals surface area contributed by atoms with Crippen LogP contribution in [0.25, 0.3) is 16.6 Å². The van der Waals surface area contributed by atoms with E-state index in [1.165, 1.54) is 5.56 Å². The van der Waals surface area contributed by atoms with Crippen LogP contribution in [0.4, 0.5) is 0 Å². The molecule has 0 aliphatic carbocycles. The molecule has 4 nitrogen and oxygen atoms in total. The largest absolute Gasteiger partial charge is 0.491 e. The zero-order valence-electron chi connectivity index (χ0n) is 19.5. The molecule has 1 N–H and O–H groups in total. The molecule has 7 heteroatoms. The van der Waals surface area contributed by atoms with Crippen LogP contribution in [0.3, 0.4) is 0 Å². The van der Waals surface area contributed by atoms with Crippen LogP contribution in [0, 0.1) is 0 Å². The van der Waals surface area contributed by atoms with Crippen LogP contribution in [0.2, 0.25) is 10.0 Å². The predicted molar refractivity (Wildman–Crippen MR) is 146 cm³/mol. The summed E-state index contributed by atoms with van der Waals surface area (Å²) in [4.78, 5) is 11.8. The Morgan fingerprint density at radius 3 is 2.51 bits per heavy atom. The highest BCUT2D eigenvalue weighted by molar-refractivity contribution is 7.99. The fourth-order valence-corrected chi connectivity index (χ4v) is 5.32. The number of thioether (sulfide) groups is 1. The van der Waals surface area contributed by atoms with Crippen molar-refractivity contribution in [2.45, 2.75) is 37.5 Å². The van der Waals surface area contributed by atoms with E-state index in [9.17, 15) is 4.79 Å². The molecular formula is C28H27Cl2NO3S. The van der Waals surface area contributed by atoms with Gasteiger partial charge in [-0.25, -0.2) is 0 Å². The summed E-state index contributed by atoms with van der Waals surface area (Å²) in [6, 6.07) is 19.8. The maximum Gasteiger partial charge on any atom is 0.307 e. The van der Waals surface area contributed by atoms with Crippen molar-refractivity contribution < 1.29 is 14.6 Å². The van der Waals surface area contributed by atoms with Crippen molar-refractivity contribution >= 4 is 51.8 Å². The summed E-state index contributed by atoms with van der Waals surface area (Å²) in [5.74, 6) is 0.839. The Balaban J connectivity index is 1.43. The summed E-state index contributed by atoms with van der Waals surface area (Å²) in [6.45, 7) is 2.77. The highest BCUT2D eigenvalue weighted by Gasteiger charge is 2.12. The van der Waals surface area contributed by atoms with E-state index < -0.39 is 5.97 Å². The first-order valence-corrected chi connectivity index (χ1v) is 13.3. The van der Waals surface area contributed by atoms with Gasteiger partial charge in [0.15, 0.2) is 0 Å². The average molecular weight is 529 g/mol. The quantitative estimate of drug-likeness (QED) is 0.158. The summed E-state index contributed by atoms with van der Waals surface area (Å²) in [5.41, 5.74) is 4.17. The smallest absolute Gasteiger partial charge is 0.307 e. The number of benzene rings is 3. The second-order valence-electron chi connectivity index (χ2n) is 8.33. The third-order valence-corrected chi connectivity index (χ3v) is 7.47. The number of carboxylic acids is 1. The van der Waals surface area contributed by atoms with Crippen LogP contribution in [0.5, 0.6) is 5.75 Å². The summed E-state index contributed by atoms with van der Waals surface area (Å²) in [5, 5.41) is 11.3. The van der Waals surface area contributed by atoms with Crippen molar-refractivity contribution in [1.82, 2.24) is 4.57 Å². The Morgan fingerprint density at radius 2 is 1.80 bits per heavy atom. The van der Waals surface area contributed by atoms with Gasteiger partial charge >= 0.3 is 5.97 Å². The van der Waals surface area contributed by atoms with Crippen LogP contribution < -0.4 is 4.74 Å². The number of nitrogens with zero attached hydrogens (tertiary/aromatic N) is 1. The van der Waals surface area contributed by atoms with E-state index in [0.717, 1.165) is 52.3 Å². The number of aliphatic carboxylic acids is 1. The van der Waals surface area contributed by atoms with E-state index in [-0.39, 0.29) is 6.42 Å². The van der Waals surface area contributed by atoms with Gasteiger partial charge in [-0.15, -0.1) is 11.8 Å². The van der Waals surface area contributed by atoms with E-state index in [4.69, 9.17) is 33.0 Å². The number of halogens is 2. The molecule has 0 spiro atoms. The third-order valence-electron chi connectivity index (χ3n) is 5.63. The van der Waals surface area contributed by atoms with Crippen LogP contribution in [-0.2, 0) is 17.6 Å². The van der Waals surface area contributed by atoms with Crippen LogP contribution >= 0.6 is 35.0 Å². The normalized spacial score (nSPS) is 11.2. The molecule has 0 radical (unpaired) electrons. The molecule has 0 aliphatic heterocycles. The molecule has 0 unspecified atom stereocenters. The average Bonchev–Trinajstić information content (AvgIpc) is 3.18. The molecule has 35 heavy (non-hydrogen) atoms. The maximum absolute atomic E-state index is 10.9. The minimum absolute atomic E-state index is 0.0257. The molecule has 0 fully saturated rings. The van der Waals surface area contributed by atoms with E-state index in [2.05, 4.69) is 35.9 Å². The first-order valence-electron chi connectivity index (χ1n) is 11.6. The zero-order chi connectivity index (χ0) is 24.8. The number of aromatic nitrogens is 1. The Labute approximate surface area is 219 Å². The number of fused-ring (bicyclic) bond motifs is 1. The molecule has 3 aromatic carbocycles. The minimum Gasteiger partial charge on any atom is -0.491 e. The maximum atomic E-state index is 10.9. The first-order chi connectivity index (χ1) is 16.9. The predicted octanol–water partition coefficient (Wildman–Crippen LogP) is 8.08. The molecular weight excluding hydrogens is 501 g/mol. The zero-order valence-corrected chi connectivity index (χ0v) is 21.8. The molecule has 4 rings (SSSR count). The molecule has 0 aliphatic rings. The van der Waals surface area contributed by atoms with E-state index in [1.54, 1.807) is 17.8 Å². The summed E-state index contributed by atoms with van der Waals surface area (Å²) in [6.07, 6.45) is 5.01. The topological polar surface area (TPSA) is 51.5 Å². The minimum atomic E-state index is -0.863. The van der Waals surface area contributed by atoms with Crippen molar-refractivity contribution in [2.75, 3.05) is 12.4 Å². The number of ether oxygens (including phenoxy) is 1. The van der Waals surface area contributed by atoms with E-state index >= 15 is 0 Å². The van der Waals surface area contributed by atoms with Gasteiger partial charge in [0.25, 0.3) is 0 Å². The van der Waals surface area contributed by atoms with Crippen LogP contribution in [0.1, 0.15) is 30.9 Å². The van der Waals surface area contributed by atoms with Crippen LogP contribution in [0.15, 0.2) is 71.8 Å². The lowest BCUT2D eigenvalue weighted by atomic mass is 10.1. The Morgan fingerprint density at radius 1 is 1.03 bits per heavy atom. The lowest BCUT2D eigenvalue weighted by Crippen LogP contribution is -2.00. The summed E-state index contributed by atoms with van der Waals surface area (Å²) >= 11 is 14.1. The molecule has 4 aromatic rings. The van der Waals surface area contributed by atoms with Crippen LogP contribution in [-0.4, -0.2) is 28.0 Å². The molecule has 0 saturated heterocycles. The first kappa shape index (κ1) is 25.5. The second-order valence-corrected chi connectivity index (χ2v) is 10.3. The fourth-order valence-electron chi connectivity index (χ4n) is 3.98. The van der Waals surface area contributed by atoms with Gasteiger partial charge in [-0.1, -0.05) is 48.7 Å². The highest BCUT2D eigenvalue weighted by atomic mass is 35.5. The second kappa shape index (κ2) is 11.9. The van der Waals surface area contributed by atoms with Crippen molar-refractivity contribution in [3.05, 3.63) is 88.0 Å². The fraction of sp³-hybridized carbons (Fsp3) is 0.250. The summed E-state index contributed by atoms with van der Waals surface area (Å²) in [7, 11) is 0. The number of carboxylic acid groups (broad SMARTS) is 1. The molecule has 182 valence electrons. The monoisotopic (exact) mass is 527 g/mol. The SMILES string of the molecule is CCCc1ccc2c(OCCCSc3ccc(CC(=O)O)cc3Cl)cn(-c3ccc(Cl)cc3)c2c1. The molecule has 0 bridgehead atoms. The van der Waals surface area contributed by atoms with Gasteiger partial charge in [-0.05, 0) is 72.5 Å². The number of carbonyl (C=O) groups is 1. The van der Waals surface area contributed by atoms with Crippen molar-refractivity contribution in [3.63, 3.8) is 0 Å². The van der Waals surface area contributed by atoms with Crippen molar-refractivity contribution in [1.29, 1.82) is 0 Å². The van der Waals surface area contributed by atoms with Gasteiger partial charge < -0.3 is 14.4 Å². The van der Waals surface area contributed by atoms with Gasteiger partial charge in [0, 0.05) is 26.7 Å². The molecule has 0 saturated carbocycles. The Kier molecular flexibility index (Phi) is 8.66. The van der Waals surface area contributed by atoms with E-state index in [0.29, 0.717) is 22.2 Å². The number of hydrogen-bond donors (Lipinski definition) is 1. The lowest BCUT2D eigenvalue weighted by molar-refractivity contribution is -0.136. The van der Waals surface area contributed by atoms with Gasteiger partial charge in [0.2, 0.25) is 0 Å². The standard InChI is InChI=1S/C28H27Cl2NO3S/c1-2-4-19-5-11-23-25(16-19)31(22-9-7-21(29)8-10-22)18-26(23)34-13-3-14-35-27-12-6-20(15-24(27)30)17-28(32)33/h5-12,15-16,18H,2-4,13-14,17H2,1H3,(H,32,33). The highest BCUT2D eigenvalue weighted by Crippen LogP contribution is 2.33. The third kappa shape index (κ3) is 6.54. The molecule has 1 heterocycles. The Hall–Kier alpha value is -2.60. The lowest BCUT2D eigenvalue weighted by Gasteiger charge is -2.07. The molecule has 1 aromatic heterocycles. The number of rotatable bonds is 11. The summed E-state index contributed by atoms with van der Waals surface area (Å²) < 4.78 is 8.38. The van der Waals surface area contributed by atoms with Crippen molar-refractivity contribution in [2.24, 2.45) is 0 Å². The van der Waals surface area contributed by atoms with Crippen molar-refractivity contribution in [3.8, 4) is 11.4 Å². The number of aryl methyl sites for hydroxylation is 1. The van der Waals surface area contributed by atoms with Gasteiger partial charge in [-0.2, -0.15) is 0 Å². The molecule has 0 atom stereocenters. The van der Waals surface area contributed by atoms with Gasteiger partial charge in [0.1, 0.15) is 5.75 Å². The molecule has 0 amide bonds. The van der Waals surface area contributed by atoms with E-state index in [1.807, 2.05) is 36.4 Å².